The van der Waals surface area contributed by atoms with E-state index in [-0.39, 0.29) is 5.56 Å². The van der Waals surface area contributed by atoms with Gasteiger partial charge >= 0.3 is 0 Å². The summed E-state index contributed by atoms with van der Waals surface area (Å²) >= 11 is 0. The van der Waals surface area contributed by atoms with E-state index in [1.807, 2.05) is 24.4 Å². The molecule has 0 atom stereocenters. The molecular weight excluding hydrogens is 318 g/mol. The first-order chi connectivity index (χ1) is 12.0. The van der Waals surface area contributed by atoms with E-state index in [0.717, 1.165) is 54.8 Å². The van der Waals surface area contributed by atoms with Gasteiger partial charge in [-0.05, 0) is 19.9 Å². The molecule has 1 saturated heterocycles. The Morgan fingerprint density at radius 3 is 2.36 bits per heavy atom. The SMILES string of the molecule is Cc1cc(N2CCN(c3ccc(=O)n(C)n3)CC2)n2nc(C)cc2n1. The van der Waals surface area contributed by atoms with Crippen molar-refractivity contribution in [3.63, 3.8) is 0 Å². The topological polar surface area (TPSA) is 71.6 Å². The molecule has 1 aliphatic rings. The Balaban J connectivity index is 1.58. The van der Waals surface area contributed by atoms with Crippen molar-refractivity contribution >= 4 is 17.3 Å². The number of aryl methyl sites for hydroxylation is 3. The number of rotatable bonds is 2. The fourth-order valence-electron chi connectivity index (χ4n) is 3.24. The smallest absolute Gasteiger partial charge is 0.266 e. The highest BCUT2D eigenvalue weighted by atomic mass is 16.1. The van der Waals surface area contributed by atoms with Crippen LogP contribution in [0.25, 0.3) is 5.65 Å². The predicted molar refractivity (Wildman–Crippen MR) is 96.4 cm³/mol. The van der Waals surface area contributed by atoms with Gasteiger partial charge < -0.3 is 9.80 Å². The van der Waals surface area contributed by atoms with Crippen LogP contribution in [0.1, 0.15) is 11.4 Å². The van der Waals surface area contributed by atoms with Crippen LogP contribution in [0, 0.1) is 13.8 Å². The largest absolute Gasteiger partial charge is 0.353 e. The molecule has 25 heavy (non-hydrogen) atoms. The van der Waals surface area contributed by atoms with Crippen LogP contribution in [-0.2, 0) is 7.05 Å². The molecule has 0 aromatic carbocycles. The fourth-order valence-corrected chi connectivity index (χ4v) is 3.24. The van der Waals surface area contributed by atoms with E-state index in [2.05, 4.69) is 31.0 Å². The second-order valence-corrected chi connectivity index (χ2v) is 6.44. The van der Waals surface area contributed by atoms with Crippen LogP contribution < -0.4 is 15.4 Å². The summed E-state index contributed by atoms with van der Waals surface area (Å²) in [6.07, 6.45) is 0. The summed E-state index contributed by atoms with van der Waals surface area (Å²) in [5.41, 5.74) is 2.75. The van der Waals surface area contributed by atoms with Crippen molar-refractivity contribution in [1.82, 2.24) is 24.4 Å². The average molecular weight is 339 g/mol. The van der Waals surface area contributed by atoms with Crippen molar-refractivity contribution in [1.29, 1.82) is 0 Å². The normalized spacial score (nSPS) is 15.2. The minimum atomic E-state index is -0.0916. The highest BCUT2D eigenvalue weighted by Crippen LogP contribution is 2.21. The van der Waals surface area contributed by atoms with Gasteiger partial charge in [-0.25, -0.2) is 9.67 Å². The van der Waals surface area contributed by atoms with E-state index in [0.29, 0.717) is 0 Å². The third-order valence-corrected chi connectivity index (χ3v) is 4.53. The lowest BCUT2D eigenvalue weighted by Gasteiger charge is -2.36. The molecule has 0 amide bonds. The molecule has 8 heteroatoms. The van der Waals surface area contributed by atoms with Gasteiger partial charge in [-0.2, -0.15) is 14.7 Å². The van der Waals surface area contributed by atoms with Crippen molar-refractivity contribution in [2.24, 2.45) is 7.05 Å². The van der Waals surface area contributed by atoms with Crippen LogP contribution in [0.3, 0.4) is 0 Å². The summed E-state index contributed by atoms with van der Waals surface area (Å²) in [5.74, 6) is 1.91. The van der Waals surface area contributed by atoms with Gasteiger partial charge in [-0.1, -0.05) is 0 Å². The van der Waals surface area contributed by atoms with E-state index in [1.165, 1.54) is 4.68 Å². The lowest BCUT2D eigenvalue weighted by atomic mass is 10.3. The summed E-state index contributed by atoms with van der Waals surface area (Å²) in [6, 6.07) is 7.45. The van der Waals surface area contributed by atoms with Crippen molar-refractivity contribution < 1.29 is 0 Å². The van der Waals surface area contributed by atoms with Crippen molar-refractivity contribution in [3.8, 4) is 0 Å². The fraction of sp³-hybridized carbons (Fsp3) is 0.412. The zero-order valence-electron chi connectivity index (χ0n) is 14.7. The maximum absolute atomic E-state index is 11.5. The third kappa shape index (κ3) is 2.84. The Hall–Kier alpha value is -2.90. The van der Waals surface area contributed by atoms with E-state index in [9.17, 15) is 4.79 Å². The number of nitrogens with zero attached hydrogens (tertiary/aromatic N) is 7. The molecule has 3 aromatic heterocycles. The third-order valence-electron chi connectivity index (χ3n) is 4.53. The molecule has 4 rings (SSSR count). The summed E-state index contributed by atoms with van der Waals surface area (Å²) in [6.45, 7) is 7.40. The van der Waals surface area contributed by atoms with Crippen LogP contribution in [0.4, 0.5) is 11.6 Å². The quantitative estimate of drug-likeness (QED) is 0.687. The van der Waals surface area contributed by atoms with E-state index < -0.39 is 0 Å². The maximum atomic E-state index is 11.5. The Morgan fingerprint density at radius 1 is 0.920 bits per heavy atom. The van der Waals surface area contributed by atoms with Crippen molar-refractivity contribution in [2.75, 3.05) is 36.0 Å². The van der Waals surface area contributed by atoms with Crippen LogP contribution >= 0.6 is 0 Å². The zero-order chi connectivity index (χ0) is 17.6. The second kappa shape index (κ2) is 5.87. The highest BCUT2D eigenvalue weighted by Gasteiger charge is 2.21. The van der Waals surface area contributed by atoms with Crippen LogP contribution in [0.5, 0.6) is 0 Å². The summed E-state index contributed by atoms with van der Waals surface area (Å²) < 4.78 is 3.30. The molecule has 8 nitrogen and oxygen atoms in total. The van der Waals surface area contributed by atoms with E-state index in [1.54, 1.807) is 19.2 Å². The van der Waals surface area contributed by atoms with Gasteiger partial charge in [-0.15, -0.1) is 0 Å². The van der Waals surface area contributed by atoms with E-state index in [4.69, 9.17) is 0 Å². The molecule has 1 aliphatic heterocycles. The van der Waals surface area contributed by atoms with Crippen LogP contribution in [0.15, 0.2) is 29.1 Å². The molecule has 1 fully saturated rings. The van der Waals surface area contributed by atoms with Gasteiger partial charge in [0, 0.05) is 57.1 Å². The summed E-state index contributed by atoms with van der Waals surface area (Å²) in [5, 5.41) is 8.92. The zero-order valence-corrected chi connectivity index (χ0v) is 14.7. The predicted octanol–water partition coefficient (Wildman–Crippen LogP) is 0.766. The molecular formula is C17H21N7O. The molecule has 0 N–H and O–H groups in total. The lowest BCUT2D eigenvalue weighted by Crippen LogP contribution is -2.47. The Morgan fingerprint density at radius 2 is 1.64 bits per heavy atom. The molecule has 130 valence electrons. The minimum absolute atomic E-state index is 0.0916. The summed E-state index contributed by atoms with van der Waals surface area (Å²) in [7, 11) is 1.68. The number of anilines is 2. The van der Waals surface area contributed by atoms with Gasteiger partial charge in [0.25, 0.3) is 5.56 Å². The Bertz CT molecular complexity index is 982. The molecule has 4 heterocycles. The van der Waals surface area contributed by atoms with Gasteiger partial charge in [0.15, 0.2) is 5.65 Å². The molecule has 0 spiro atoms. The summed E-state index contributed by atoms with van der Waals surface area (Å²) in [4.78, 5) is 20.6. The molecule has 0 aliphatic carbocycles. The maximum Gasteiger partial charge on any atom is 0.266 e. The number of fused-ring (bicyclic) bond motifs is 1. The monoisotopic (exact) mass is 339 g/mol. The number of hydrogen-bond acceptors (Lipinski definition) is 6. The van der Waals surface area contributed by atoms with Crippen molar-refractivity contribution in [2.45, 2.75) is 13.8 Å². The van der Waals surface area contributed by atoms with Crippen molar-refractivity contribution in [3.05, 3.63) is 46.0 Å². The first-order valence-corrected chi connectivity index (χ1v) is 8.39. The Labute approximate surface area is 145 Å². The van der Waals surface area contributed by atoms with Crippen LogP contribution in [-0.4, -0.2) is 50.6 Å². The first kappa shape index (κ1) is 15.6. The second-order valence-electron chi connectivity index (χ2n) is 6.44. The first-order valence-electron chi connectivity index (χ1n) is 8.39. The average Bonchev–Trinajstić information content (AvgIpc) is 2.97. The molecule has 0 bridgehead atoms. The molecule has 0 radical (unpaired) electrons. The molecule has 3 aromatic rings. The standard InChI is InChI=1S/C17H21N7O/c1-12-11-16(24-15(18-12)10-13(2)19-24)23-8-6-22(7-9-23)14-4-5-17(25)21(3)20-14/h4-5,10-11H,6-9H2,1-3H3. The van der Waals surface area contributed by atoms with Gasteiger partial charge in [-0.3, -0.25) is 4.79 Å². The number of piperazine rings is 1. The Kier molecular flexibility index (Phi) is 3.67. The van der Waals surface area contributed by atoms with Crippen LogP contribution in [0.2, 0.25) is 0 Å². The van der Waals surface area contributed by atoms with Gasteiger partial charge in [0.05, 0.1) is 5.69 Å². The molecule has 0 unspecified atom stereocenters. The number of aromatic nitrogens is 5. The number of hydrogen-bond donors (Lipinski definition) is 0. The van der Waals surface area contributed by atoms with E-state index >= 15 is 0 Å². The van der Waals surface area contributed by atoms with Gasteiger partial charge in [0.2, 0.25) is 0 Å². The minimum Gasteiger partial charge on any atom is -0.353 e. The molecule has 0 saturated carbocycles. The van der Waals surface area contributed by atoms with Gasteiger partial charge in [0.1, 0.15) is 11.6 Å². The highest BCUT2D eigenvalue weighted by molar-refractivity contribution is 5.53. The lowest BCUT2D eigenvalue weighted by molar-refractivity contribution is 0.614.